The highest BCUT2D eigenvalue weighted by Gasteiger charge is 2.11. The van der Waals surface area contributed by atoms with Crippen molar-refractivity contribution in [1.82, 2.24) is 19.7 Å². The molecule has 2 aromatic heterocycles. The van der Waals surface area contributed by atoms with Crippen molar-refractivity contribution in [3.63, 3.8) is 0 Å². The topological polar surface area (TPSA) is 98.7 Å². The lowest BCUT2D eigenvalue weighted by Crippen LogP contribution is -2.18. The highest BCUT2D eigenvalue weighted by molar-refractivity contribution is 7.99. The fourth-order valence-corrected chi connectivity index (χ4v) is 2.47. The summed E-state index contributed by atoms with van der Waals surface area (Å²) < 4.78 is 1.75. The van der Waals surface area contributed by atoms with E-state index in [1.807, 2.05) is 20.8 Å². The van der Waals surface area contributed by atoms with E-state index in [0.717, 1.165) is 5.69 Å². The van der Waals surface area contributed by atoms with Crippen LogP contribution in [-0.2, 0) is 4.79 Å². The molecule has 2 rings (SSSR count). The largest absolute Gasteiger partial charge is 0.384 e. The Kier molecular flexibility index (Phi) is 4.79. The first-order valence-electron chi connectivity index (χ1n) is 6.53. The molecule has 8 heteroatoms. The molecule has 2 heterocycles. The van der Waals surface area contributed by atoms with Crippen LogP contribution in [0.2, 0.25) is 0 Å². The van der Waals surface area contributed by atoms with Gasteiger partial charge in [0.1, 0.15) is 11.6 Å². The Labute approximate surface area is 127 Å². The van der Waals surface area contributed by atoms with Gasteiger partial charge in [0.2, 0.25) is 5.91 Å². The van der Waals surface area contributed by atoms with Crippen LogP contribution < -0.4 is 11.1 Å². The summed E-state index contributed by atoms with van der Waals surface area (Å²) >= 11 is 1.25. The number of carbonyl (C=O) groups excluding carboxylic acids is 1. The number of rotatable bonds is 5. The average molecular weight is 306 g/mol. The molecule has 7 nitrogen and oxygen atoms in total. The van der Waals surface area contributed by atoms with Crippen LogP contribution in [0.15, 0.2) is 23.5 Å². The van der Waals surface area contributed by atoms with Crippen molar-refractivity contribution in [2.75, 3.05) is 16.8 Å². The molecule has 21 heavy (non-hydrogen) atoms. The highest BCUT2D eigenvalue weighted by atomic mass is 32.2. The molecule has 1 amide bonds. The first kappa shape index (κ1) is 15.3. The predicted molar refractivity (Wildman–Crippen MR) is 83.1 cm³/mol. The van der Waals surface area contributed by atoms with E-state index in [1.165, 1.54) is 11.8 Å². The zero-order valence-corrected chi connectivity index (χ0v) is 13.0. The van der Waals surface area contributed by atoms with E-state index in [9.17, 15) is 4.79 Å². The number of aromatic nitrogens is 4. The van der Waals surface area contributed by atoms with Gasteiger partial charge in [0.15, 0.2) is 5.16 Å². The molecule has 0 unspecified atom stereocenters. The molecule has 0 atom stereocenters. The van der Waals surface area contributed by atoms with Crippen molar-refractivity contribution < 1.29 is 4.79 Å². The summed E-state index contributed by atoms with van der Waals surface area (Å²) in [6.45, 7) is 5.84. The van der Waals surface area contributed by atoms with E-state index in [-0.39, 0.29) is 17.7 Å². The number of nitrogen functional groups attached to an aromatic ring is 1. The summed E-state index contributed by atoms with van der Waals surface area (Å²) in [5.41, 5.74) is 6.43. The Morgan fingerprint density at radius 1 is 1.48 bits per heavy atom. The van der Waals surface area contributed by atoms with Crippen molar-refractivity contribution >= 4 is 29.3 Å². The van der Waals surface area contributed by atoms with Crippen molar-refractivity contribution in [3.05, 3.63) is 24.0 Å². The van der Waals surface area contributed by atoms with Gasteiger partial charge in [-0.2, -0.15) is 5.10 Å². The molecule has 0 aliphatic heterocycles. The molecule has 0 aliphatic carbocycles. The van der Waals surface area contributed by atoms with Crippen molar-refractivity contribution in [1.29, 1.82) is 0 Å². The number of aryl methyl sites for hydroxylation is 1. The Morgan fingerprint density at radius 3 is 2.90 bits per heavy atom. The van der Waals surface area contributed by atoms with Crippen LogP contribution in [0.25, 0.3) is 0 Å². The lowest BCUT2D eigenvalue weighted by molar-refractivity contribution is -0.113. The van der Waals surface area contributed by atoms with Crippen LogP contribution in [0.1, 0.15) is 25.6 Å². The second-order valence-corrected chi connectivity index (χ2v) is 5.75. The van der Waals surface area contributed by atoms with Gasteiger partial charge in [-0.25, -0.2) is 14.6 Å². The molecule has 0 saturated heterocycles. The number of amides is 1. The monoisotopic (exact) mass is 306 g/mol. The maximum Gasteiger partial charge on any atom is 0.235 e. The first-order valence-corrected chi connectivity index (χ1v) is 7.51. The summed E-state index contributed by atoms with van der Waals surface area (Å²) in [7, 11) is 0. The van der Waals surface area contributed by atoms with Crippen molar-refractivity contribution in [2.24, 2.45) is 0 Å². The summed E-state index contributed by atoms with van der Waals surface area (Å²) in [5.74, 6) is 1.17. The SMILES string of the molecule is Cc1cc(N)nc(SCC(=O)Nc2ccnn2C(C)C)n1. The zero-order valence-electron chi connectivity index (χ0n) is 12.2. The van der Waals surface area contributed by atoms with Gasteiger partial charge in [-0.15, -0.1) is 0 Å². The van der Waals surface area contributed by atoms with Crippen molar-refractivity contribution in [2.45, 2.75) is 32.0 Å². The zero-order chi connectivity index (χ0) is 15.4. The normalized spacial score (nSPS) is 10.9. The summed E-state index contributed by atoms with van der Waals surface area (Å²) in [6, 6.07) is 3.64. The molecule has 0 saturated carbocycles. The number of carbonyl (C=O) groups is 1. The fourth-order valence-electron chi connectivity index (χ4n) is 1.76. The van der Waals surface area contributed by atoms with E-state index in [2.05, 4.69) is 20.4 Å². The molecule has 0 aliphatic rings. The number of hydrogen-bond donors (Lipinski definition) is 2. The number of thioether (sulfide) groups is 1. The molecule has 0 bridgehead atoms. The van der Waals surface area contributed by atoms with Gasteiger partial charge in [0, 0.05) is 23.9 Å². The molecule has 2 aromatic rings. The number of nitrogens with two attached hydrogens (primary N) is 1. The van der Waals surface area contributed by atoms with E-state index < -0.39 is 0 Å². The standard InChI is InChI=1S/C13H18N6OS/c1-8(2)19-11(4-5-15-19)18-12(20)7-21-13-16-9(3)6-10(14)17-13/h4-6,8H,7H2,1-3H3,(H,18,20)(H2,14,16,17). The third kappa shape index (κ3) is 4.19. The van der Waals surface area contributed by atoms with Gasteiger partial charge in [-0.3, -0.25) is 4.79 Å². The van der Waals surface area contributed by atoms with Gasteiger partial charge >= 0.3 is 0 Å². The quantitative estimate of drug-likeness (QED) is 0.646. The maximum absolute atomic E-state index is 12.0. The predicted octanol–water partition coefficient (Wildman–Crippen LogP) is 1.88. The summed E-state index contributed by atoms with van der Waals surface area (Å²) in [4.78, 5) is 20.3. The Bertz CT molecular complexity index is 619. The molecule has 112 valence electrons. The van der Waals surface area contributed by atoms with Crippen LogP contribution in [-0.4, -0.2) is 31.4 Å². The average Bonchev–Trinajstić information content (AvgIpc) is 2.83. The fraction of sp³-hybridized carbons (Fsp3) is 0.385. The lowest BCUT2D eigenvalue weighted by Gasteiger charge is -2.11. The Hall–Kier alpha value is -2.09. The maximum atomic E-state index is 12.0. The molecule has 0 radical (unpaired) electrons. The number of anilines is 2. The van der Waals surface area contributed by atoms with Gasteiger partial charge < -0.3 is 11.1 Å². The van der Waals surface area contributed by atoms with Crippen LogP contribution in [0, 0.1) is 6.92 Å². The van der Waals surface area contributed by atoms with E-state index in [4.69, 9.17) is 5.73 Å². The third-order valence-electron chi connectivity index (χ3n) is 2.61. The minimum atomic E-state index is -0.133. The smallest absolute Gasteiger partial charge is 0.235 e. The molecule has 3 N–H and O–H groups in total. The van der Waals surface area contributed by atoms with Gasteiger partial charge in [-0.05, 0) is 20.8 Å². The number of nitrogens with one attached hydrogen (secondary N) is 1. The van der Waals surface area contributed by atoms with E-state index >= 15 is 0 Å². The van der Waals surface area contributed by atoms with Gasteiger partial charge in [0.05, 0.1) is 11.9 Å². The van der Waals surface area contributed by atoms with Crippen molar-refractivity contribution in [3.8, 4) is 0 Å². The van der Waals surface area contributed by atoms with Crippen LogP contribution in [0.3, 0.4) is 0 Å². The minimum Gasteiger partial charge on any atom is -0.384 e. The summed E-state index contributed by atoms with van der Waals surface area (Å²) in [5, 5.41) is 7.49. The molecular weight excluding hydrogens is 288 g/mol. The highest BCUT2D eigenvalue weighted by Crippen LogP contribution is 2.17. The lowest BCUT2D eigenvalue weighted by atomic mass is 10.4. The van der Waals surface area contributed by atoms with Gasteiger partial charge in [-0.1, -0.05) is 11.8 Å². The van der Waals surface area contributed by atoms with Gasteiger partial charge in [0.25, 0.3) is 0 Å². The molecule has 0 fully saturated rings. The molecule has 0 spiro atoms. The second-order valence-electron chi connectivity index (χ2n) is 4.81. The first-order chi connectivity index (χ1) is 9.95. The van der Waals surface area contributed by atoms with E-state index in [1.54, 1.807) is 23.0 Å². The van der Waals surface area contributed by atoms with Crippen LogP contribution >= 0.6 is 11.8 Å². The van der Waals surface area contributed by atoms with E-state index in [0.29, 0.717) is 16.8 Å². The second kappa shape index (κ2) is 6.57. The van der Waals surface area contributed by atoms with Crippen LogP contribution in [0.4, 0.5) is 11.6 Å². The third-order valence-corrected chi connectivity index (χ3v) is 3.46. The Balaban J connectivity index is 1.94. The summed E-state index contributed by atoms with van der Waals surface area (Å²) in [6.07, 6.45) is 1.66. The minimum absolute atomic E-state index is 0.133. The molecular formula is C13H18N6OS. The Morgan fingerprint density at radius 2 is 2.24 bits per heavy atom. The molecule has 0 aromatic carbocycles. The number of nitrogens with zero attached hydrogens (tertiary/aromatic N) is 4. The number of hydrogen-bond acceptors (Lipinski definition) is 6. The van der Waals surface area contributed by atoms with Crippen LogP contribution in [0.5, 0.6) is 0 Å².